The predicted octanol–water partition coefficient (Wildman–Crippen LogP) is 5.16. The van der Waals surface area contributed by atoms with Crippen LogP contribution in [-0.2, 0) is 0 Å². The Morgan fingerprint density at radius 3 is 2.68 bits per heavy atom. The lowest BCUT2D eigenvalue weighted by Gasteiger charge is -2.14. The summed E-state index contributed by atoms with van der Waals surface area (Å²) in [5.41, 5.74) is 1.12. The van der Waals surface area contributed by atoms with E-state index in [1.807, 2.05) is 23.9 Å². The van der Waals surface area contributed by atoms with Crippen LogP contribution in [0.4, 0.5) is 4.39 Å². The van der Waals surface area contributed by atoms with Gasteiger partial charge in [0, 0.05) is 6.04 Å². The van der Waals surface area contributed by atoms with E-state index in [1.54, 1.807) is 0 Å². The number of rotatable bonds is 9. The zero-order valence-electron chi connectivity index (χ0n) is 11.7. The maximum absolute atomic E-state index is 13.1. The quantitative estimate of drug-likeness (QED) is 0.619. The van der Waals surface area contributed by atoms with Gasteiger partial charge < -0.3 is 5.32 Å². The molecule has 1 unspecified atom stereocenters. The van der Waals surface area contributed by atoms with E-state index in [0.717, 1.165) is 12.1 Å². The highest BCUT2D eigenvalue weighted by atomic mass is 79.9. The van der Waals surface area contributed by atoms with Gasteiger partial charge in [-0.2, -0.15) is 11.8 Å². The van der Waals surface area contributed by atoms with Gasteiger partial charge in [0.1, 0.15) is 5.82 Å². The Balaban J connectivity index is 2.20. The van der Waals surface area contributed by atoms with Crippen molar-refractivity contribution < 1.29 is 4.39 Å². The third-order valence-corrected chi connectivity index (χ3v) is 4.47. The Kier molecular flexibility index (Phi) is 8.75. The van der Waals surface area contributed by atoms with Crippen molar-refractivity contribution >= 4 is 27.7 Å². The number of unbranched alkanes of at least 4 members (excludes halogenated alkanes) is 3. The fourth-order valence-electron chi connectivity index (χ4n) is 1.94. The molecule has 0 saturated carbocycles. The van der Waals surface area contributed by atoms with Gasteiger partial charge in [-0.05, 0) is 71.9 Å². The van der Waals surface area contributed by atoms with Gasteiger partial charge in [0.15, 0.2) is 0 Å². The van der Waals surface area contributed by atoms with E-state index in [2.05, 4.69) is 34.4 Å². The van der Waals surface area contributed by atoms with Crippen molar-refractivity contribution in [1.29, 1.82) is 0 Å². The molecule has 0 amide bonds. The fraction of sp³-hybridized carbons (Fsp3) is 0.600. The van der Waals surface area contributed by atoms with Crippen LogP contribution in [0.3, 0.4) is 0 Å². The van der Waals surface area contributed by atoms with E-state index >= 15 is 0 Å². The summed E-state index contributed by atoms with van der Waals surface area (Å²) in [4.78, 5) is 0. The first-order chi connectivity index (χ1) is 9.15. The van der Waals surface area contributed by atoms with Gasteiger partial charge in [0.25, 0.3) is 0 Å². The highest BCUT2D eigenvalue weighted by Gasteiger charge is 2.07. The van der Waals surface area contributed by atoms with Crippen molar-refractivity contribution in [3.63, 3.8) is 0 Å². The van der Waals surface area contributed by atoms with Crippen molar-refractivity contribution in [1.82, 2.24) is 5.32 Å². The Morgan fingerprint density at radius 2 is 2.00 bits per heavy atom. The average Bonchev–Trinajstić information content (AvgIpc) is 2.40. The molecule has 1 N–H and O–H groups in total. The Labute approximate surface area is 128 Å². The molecule has 0 aromatic heterocycles. The van der Waals surface area contributed by atoms with E-state index in [0.29, 0.717) is 4.47 Å². The SMILES string of the molecule is CSCCCCCCNC(C)c1ccc(F)c(Br)c1. The smallest absolute Gasteiger partial charge is 0.137 e. The monoisotopic (exact) mass is 347 g/mol. The maximum atomic E-state index is 13.1. The Hall–Kier alpha value is -0.0600. The normalized spacial score (nSPS) is 12.6. The summed E-state index contributed by atoms with van der Waals surface area (Å²) in [5, 5.41) is 3.49. The van der Waals surface area contributed by atoms with E-state index in [4.69, 9.17) is 0 Å². The van der Waals surface area contributed by atoms with Gasteiger partial charge in [-0.1, -0.05) is 18.9 Å². The number of nitrogens with one attached hydrogen (secondary N) is 1. The summed E-state index contributed by atoms with van der Waals surface area (Å²) in [5.74, 6) is 1.07. The summed E-state index contributed by atoms with van der Waals surface area (Å²) in [7, 11) is 0. The van der Waals surface area contributed by atoms with Crippen molar-refractivity contribution in [2.24, 2.45) is 0 Å². The molecule has 1 nitrogen and oxygen atoms in total. The third kappa shape index (κ3) is 6.77. The molecule has 0 bridgehead atoms. The largest absolute Gasteiger partial charge is 0.310 e. The van der Waals surface area contributed by atoms with Crippen LogP contribution in [0.2, 0.25) is 0 Å². The molecule has 0 radical (unpaired) electrons. The second-order valence-corrected chi connectivity index (χ2v) is 6.60. The number of hydrogen-bond donors (Lipinski definition) is 1. The minimum atomic E-state index is -0.204. The van der Waals surface area contributed by atoms with E-state index < -0.39 is 0 Å². The first kappa shape index (κ1) is 17.0. The van der Waals surface area contributed by atoms with Crippen molar-refractivity contribution in [3.05, 3.63) is 34.1 Å². The molecule has 108 valence electrons. The fourth-order valence-corrected chi connectivity index (χ4v) is 2.83. The number of thioether (sulfide) groups is 1. The number of halogens is 2. The molecule has 1 rings (SSSR count). The molecule has 0 heterocycles. The minimum Gasteiger partial charge on any atom is -0.310 e. The molecule has 1 atom stereocenters. The predicted molar refractivity (Wildman–Crippen MR) is 87.4 cm³/mol. The molecule has 0 spiro atoms. The molecule has 0 fully saturated rings. The average molecular weight is 348 g/mol. The molecule has 0 aliphatic carbocycles. The molecular weight excluding hydrogens is 325 g/mol. The number of benzene rings is 1. The van der Waals surface area contributed by atoms with Crippen LogP contribution in [0.15, 0.2) is 22.7 Å². The standard InChI is InChI=1S/C15H23BrFNS/c1-12(13-7-8-15(17)14(16)11-13)18-9-5-3-4-6-10-19-2/h7-8,11-12,18H,3-6,9-10H2,1-2H3. The van der Waals surface area contributed by atoms with Crippen LogP contribution in [0, 0.1) is 5.82 Å². The molecule has 0 aliphatic rings. The zero-order valence-corrected chi connectivity index (χ0v) is 14.1. The molecular formula is C15H23BrFNS. The number of hydrogen-bond acceptors (Lipinski definition) is 2. The van der Waals surface area contributed by atoms with Crippen molar-refractivity contribution in [3.8, 4) is 0 Å². The molecule has 1 aromatic rings. The lowest BCUT2D eigenvalue weighted by Crippen LogP contribution is -2.19. The highest BCUT2D eigenvalue weighted by molar-refractivity contribution is 9.10. The Bertz CT molecular complexity index is 373. The van der Waals surface area contributed by atoms with Crippen LogP contribution in [0.25, 0.3) is 0 Å². The lowest BCUT2D eigenvalue weighted by atomic mass is 10.1. The Morgan fingerprint density at radius 1 is 1.26 bits per heavy atom. The van der Waals surface area contributed by atoms with Crippen LogP contribution in [-0.4, -0.2) is 18.6 Å². The van der Waals surface area contributed by atoms with Gasteiger partial charge in [0.05, 0.1) is 4.47 Å². The van der Waals surface area contributed by atoms with E-state index in [1.165, 1.54) is 37.5 Å². The van der Waals surface area contributed by atoms with Crippen LogP contribution in [0.1, 0.15) is 44.2 Å². The molecule has 4 heteroatoms. The first-order valence-corrected chi connectivity index (χ1v) is 9.01. The van der Waals surface area contributed by atoms with Crippen molar-refractivity contribution in [2.75, 3.05) is 18.6 Å². The van der Waals surface area contributed by atoms with Crippen LogP contribution < -0.4 is 5.32 Å². The van der Waals surface area contributed by atoms with Crippen LogP contribution >= 0.6 is 27.7 Å². The van der Waals surface area contributed by atoms with Gasteiger partial charge >= 0.3 is 0 Å². The van der Waals surface area contributed by atoms with Gasteiger partial charge in [0.2, 0.25) is 0 Å². The van der Waals surface area contributed by atoms with Crippen LogP contribution in [0.5, 0.6) is 0 Å². The highest BCUT2D eigenvalue weighted by Crippen LogP contribution is 2.21. The first-order valence-electron chi connectivity index (χ1n) is 6.82. The zero-order chi connectivity index (χ0) is 14.1. The topological polar surface area (TPSA) is 12.0 Å². The van der Waals surface area contributed by atoms with Gasteiger partial charge in [-0.3, -0.25) is 0 Å². The summed E-state index contributed by atoms with van der Waals surface area (Å²) in [6, 6.07) is 5.48. The maximum Gasteiger partial charge on any atom is 0.137 e. The van der Waals surface area contributed by atoms with Gasteiger partial charge in [-0.15, -0.1) is 0 Å². The lowest BCUT2D eigenvalue weighted by molar-refractivity contribution is 0.535. The van der Waals surface area contributed by atoms with E-state index in [-0.39, 0.29) is 11.9 Å². The minimum absolute atomic E-state index is 0.204. The molecule has 0 saturated heterocycles. The van der Waals surface area contributed by atoms with Crippen molar-refractivity contribution in [2.45, 2.75) is 38.6 Å². The summed E-state index contributed by atoms with van der Waals surface area (Å²) in [6.07, 6.45) is 7.29. The molecule has 0 aliphatic heterocycles. The molecule has 1 aromatic carbocycles. The van der Waals surface area contributed by atoms with E-state index in [9.17, 15) is 4.39 Å². The third-order valence-electron chi connectivity index (χ3n) is 3.17. The summed E-state index contributed by atoms with van der Waals surface area (Å²) < 4.78 is 13.7. The second kappa shape index (κ2) is 9.78. The second-order valence-electron chi connectivity index (χ2n) is 4.76. The molecule has 19 heavy (non-hydrogen) atoms. The summed E-state index contributed by atoms with van der Waals surface area (Å²) in [6.45, 7) is 3.14. The summed E-state index contributed by atoms with van der Waals surface area (Å²) >= 11 is 5.15. The van der Waals surface area contributed by atoms with Gasteiger partial charge in [-0.25, -0.2) is 4.39 Å².